The average molecular weight is 376 g/mol. The second kappa shape index (κ2) is 9.40. The van der Waals surface area contributed by atoms with Gasteiger partial charge in [0, 0.05) is 12.8 Å². The summed E-state index contributed by atoms with van der Waals surface area (Å²) in [5, 5.41) is 2.61. The maximum Gasteiger partial charge on any atom is 0.251 e. The zero-order valence-electron chi connectivity index (χ0n) is 15.3. The fourth-order valence-corrected chi connectivity index (χ4v) is 2.97. The van der Waals surface area contributed by atoms with Gasteiger partial charge in [-0.3, -0.25) is 19.5 Å². The first-order valence-electron chi connectivity index (χ1n) is 8.57. The minimum Gasteiger partial charge on any atom is -0.495 e. The van der Waals surface area contributed by atoms with E-state index < -0.39 is 17.7 Å². The van der Waals surface area contributed by atoms with Crippen molar-refractivity contribution in [2.24, 2.45) is 10.9 Å². The highest BCUT2D eigenvalue weighted by Crippen LogP contribution is 2.30. The molecular weight excluding hydrogens is 352 g/mol. The first-order chi connectivity index (χ1) is 12.5. The normalized spacial score (nSPS) is 17.9. The summed E-state index contributed by atoms with van der Waals surface area (Å²) in [6.07, 6.45) is 1.41. The van der Waals surface area contributed by atoms with Crippen LogP contribution >= 0.6 is 12.2 Å². The molecule has 0 aliphatic carbocycles. The lowest BCUT2D eigenvalue weighted by Crippen LogP contribution is -2.58. The number of hydrogen-bond acceptors (Lipinski definition) is 6. The largest absolute Gasteiger partial charge is 0.495 e. The number of benzene rings is 1. The SMILES string of the molecule is CCN(CC)CCN=CC1C(=O)NC(=S)N(c2ccccc2OC)C1=O. The quantitative estimate of drug-likeness (QED) is 0.423. The highest BCUT2D eigenvalue weighted by atomic mass is 32.1. The molecule has 1 saturated heterocycles. The number of thiocarbonyl (C=S) groups is 1. The number of methoxy groups -OCH3 is 1. The lowest BCUT2D eigenvalue weighted by molar-refractivity contribution is -0.130. The third-order valence-corrected chi connectivity index (χ3v) is 4.51. The second-order valence-electron chi connectivity index (χ2n) is 5.70. The van der Waals surface area contributed by atoms with Crippen LogP contribution in [0.25, 0.3) is 0 Å². The first-order valence-corrected chi connectivity index (χ1v) is 8.98. The molecule has 2 amide bonds. The van der Waals surface area contributed by atoms with Crippen LogP contribution in [-0.2, 0) is 9.59 Å². The number of nitrogens with one attached hydrogen (secondary N) is 1. The van der Waals surface area contributed by atoms with Gasteiger partial charge in [0.05, 0.1) is 19.3 Å². The molecule has 26 heavy (non-hydrogen) atoms. The molecule has 1 aromatic rings. The summed E-state index contributed by atoms with van der Waals surface area (Å²) in [5.74, 6) is -1.41. The van der Waals surface area contributed by atoms with Crippen LogP contribution < -0.4 is 15.0 Å². The Morgan fingerprint density at radius 3 is 2.65 bits per heavy atom. The van der Waals surface area contributed by atoms with Gasteiger partial charge in [-0.1, -0.05) is 26.0 Å². The summed E-state index contributed by atoms with van der Waals surface area (Å²) < 4.78 is 5.30. The number of ether oxygens (including phenoxy) is 1. The summed E-state index contributed by atoms with van der Waals surface area (Å²) in [6.45, 7) is 7.34. The number of para-hydroxylation sites is 2. The second-order valence-corrected chi connectivity index (χ2v) is 6.09. The predicted molar refractivity (Wildman–Crippen MR) is 106 cm³/mol. The van der Waals surface area contributed by atoms with Crippen LogP contribution in [0.4, 0.5) is 5.69 Å². The van der Waals surface area contributed by atoms with Gasteiger partial charge >= 0.3 is 0 Å². The van der Waals surface area contributed by atoms with Gasteiger partial charge in [-0.25, -0.2) is 0 Å². The van der Waals surface area contributed by atoms with Crippen LogP contribution in [0.15, 0.2) is 29.3 Å². The molecule has 1 N–H and O–H groups in total. The molecule has 0 saturated carbocycles. The van der Waals surface area contributed by atoms with Crippen LogP contribution in [0, 0.1) is 5.92 Å². The summed E-state index contributed by atoms with van der Waals surface area (Å²) >= 11 is 5.19. The van der Waals surface area contributed by atoms with Gasteiger partial charge in [-0.15, -0.1) is 0 Å². The lowest BCUT2D eigenvalue weighted by Gasteiger charge is -2.31. The van der Waals surface area contributed by atoms with E-state index in [9.17, 15) is 9.59 Å². The fraction of sp³-hybridized carbons (Fsp3) is 0.444. The molecule has 0 aromatic heterocycles. The number of anilines is 1. The van der Waals surface area contributed by atoms with Crippen molar-refractivity contribution in [3.8, 4) is 5.75 Å². The fourth-order valence-electron chi connectivity index (χ4n) is 2.68. The summed E-state index contributed by atoms with van der Waals surface area (Å²) in [4.78, 5) is 32.9. The third-order valence-electron chi connectivity index (χ3n) is 4.22. The van der Waals surface area contributed by atoms with E-state index in [0.717, 1.165) is 19.6 Å². The molecule has 140 valence electrons. The summed E-state index contributed by atoms with van der Waals surface area (Å²) in [5.41, 5.74) is 0.492. The zero-order valence-corrected chi connectivity index (χ0v) is 16.1. The van der Waals surface area contributed by atoms with E-state index in [1.807, 2.05) is 0 Å². The number of carbonyl (C=O) groups excluding carboxylic acids is 2. The van der Waals surface area contributed by atoms with Crippen molar-refractivity contribution in [2.45, 2.75) is 13.8 Å². The van der Waals surface area contributed by atoms with Crippen molar-refractivity contribution < 1.29 is 14.3 Å². The maximum absolute atomic E-state index is 12.9. The molecule has 0 spiro atoms. The van der Waals surface area contributed by atoms with Gasteiger partial charge < -0.3 is 15.0 Å². The average Bonchev–Trinajstić information content (AvgIpc) is 2.64. The minimum atomic E-state index is -1.01. The smallest absolute Gasteiger partial charge is 0.251 e. The number of carbonyl (C=O) groups is 2. The highest BCUT2D eigenvalue weighted by molar-refractivity contribution is 7.80. The standard InChI is InChI=1S/C18H24N4O3S/c1-4-21(5-2)11-10-19-12-13-16(23)20-18(26)22(17(13)24)14-8-6-7-9-15(14)25-3/h6-9,12-13H,4-5,10-11H2,1-3H3,(H,20,23,26). The van der Waals surface area contributed by atoms with Crippen LogP contribution in [0.1, 0.15) is 13.8 Å². The Bertz CT molecular complexity index is 703. The molecule has 2 rings (SSSR count). The Kier molecular flexibility index (Phi) is 7.23. The molecule has 1 fully saturated rings. The first kappa shape index (κ1) is 20.0. The molecule has 7 nitrogen and oxygen atoms in total. The molecule has 1 aliphatic heterocycles. The van der Waals surface area contributed by atoms with Gasteiger partial charge in [-0.05, 0) is 37.4 Å². The number of rotatable bonds is 8. The highest BCUT2D eigenvalue weighted by Gasteiger charge is 2.39. The van der Waals surface area contributed by atoms with E-state index >= 15 is 0 Å². The van der Waals surface area contributed by atoms with E-state index in [0.29, 0.717) is 18.0 Å². The molecule has 0 radical (unpaired) electrons. The van der Waals surface area contributed by atoms with Gasteiger partial charge in [0.25, 0.3) is 5.91 Å². The third kappa shape index (κ3) is 4.44. The monoisotopic (exact) mass is 376 g/mol. The van der Waals surface area contributed by atoms with Crippen molar-refractivity contribution in [3.63, 3.8) is 0 Å². The van der Waals surface area contributed by atoms with Crippen LogP contribution in [0.2, 0.25) is 0 Å². The van der Waals surface area contributed by atoms with Crippen molar-refractivity contribution in [1.82, 2.24) is 10.2 Å². The Morgan fingerprint density at radius 1 is 1.31 bits per heavy atom. The topological polar surface area (TPSA) is 74.2 Å². The molecule has 1 aromatic carbocycles. The van der Waals surface area contributed by atoms with Crippen LogP contribution in [0.5, 0.6) is 5.75 Å². The molecule has 0 bridgehead atoms. The molecule has 1 aliphatic rings. The lowest BCUT2D eigenvalue weighted by atomic mass is 10.1. The number of nitrogens with zero attached hydrogens (tertiary/aromatic N) is 3. The van der Waals surface area contributed by atoms with Crippen LogP contribution in [-0.4, -0.2) is 61.3 Å². The van der Waals surface area contributed by atoms with Crippen molar-refractivity contribution in [3.05, 3.63) is 24.3 Å². The molecule has 1 atom stereocenters. The van der Waals surface area contributed by atoms with Gasteiger partial charge in [0.2, 0.25) is 5.91 Å². The Balaban J connectivity index is 2.17. The summed E-state index contributed by atoms with van der Waals surface area (Å²) in [7, 11) is 1.51. The minimum absolute atomic E-state index is 0.0392. The van der Waals surface area contributed by atoms with Gasteiger partial charge in [0.1, 0.15) is 5.75 Å². The Labute approximate surface area is 159 Å². The van der Waals surface area contributed by atoms with Crippen molar-refractivity contribution in [1.29, 1.82) is 0 Å². The Hall–Kier alpha value is -2.32. The van der Waals surface area contributed by atoms with Crippen LogP contribution in [0.3, 0.4) is 0 Å². The number of likely N-dealkylation sites (N-methyl/N-ethyl adjacent to an activating group) is 1. The Morgan fingerprint density at radius 2 is 2.00 bits per heavy atom. The maximum atomic E-state index is 12.9. The van der Waals surface area contributed by atoms with E-state index in [1.54, 1.807) is 24.3 Å². The van der Waals surface area contributed by atoms with E-state index in [4.69, 9.17) is 17.0 Å². The molecule has 1 unspecified atom stereocenters. The van der Waals surface area contributed by atoms with E-state index in [2.05, 4.69) is 29.1 Å². The molecular formula is C18H24N4O3S. The molecule has 1 heterocycles. The summed E-state index contributed by atoms with van der Waals surface area (Å²) in [6, 6.07) is 7.02. The predicted octanol–water partition coefficient (Wildman–Crippen LogP) is 1.47. The van der Waals surface area contributed by atoms with E-state index in [1.165, 1.54) is 18.2 Å². The number of hydrogen-bond donors (Lipinski definition) is 1. The van der Waals surface area contributed by atoms with Crippen molar-refractivity contribution >= 4 is 41.0 Å². The van der Waals surface area contributed by atoms with Crippen molar-refractivity contribution in [2.75, 3.05) is 38.2 Å². The van der Waals surface area contributed by atoms with Gasteiger partial charge in [-0.2, -0.15) is 0 Å². The number of aliphatic imine (C=N–C) groups is 1. The van der Waals surface area contributed by atoms with E-state index in [-0.39, 0.29) is 5.11 Å². The van der Waals surface area contributed by atoms with Gasteiger partial charge in [0.15, 0.2) is 11.0 Å². The molecule has 8 heteroatoms. The number of amides is 2. The zero-order chi connectivity index (χ0) is 19.1.